The second-order valence-electron chi connectivity index (χ2n) is 4.68. The van der Waals surface area contributed by atoms with Gasteiger partial charge in [0.1, 0.15) is 5.82 Å². The van der Waals surface area contributed by atoms with Gasteiger partial charge in [0, 0.05) is 12.1 Å². The fraction of sp³-hybridized carbons (Fsp3) is 0.400. The van der Waals surface area contributed by atoms with Crippen molar-refractivity contribution in [3.8, 4) is 0 Å². The number of aromatic nitrogens is 3. The van der Waals surface area contributed by atoms with Crippen molar-refractivity contribution >= 4 is 23.4 Å². The molecule has 0 saturated heterocycles. The number of para-hydroxylation sites is 1. The zero-order valence-corrected chi connectivity index (χ0v) is 13.1. The van der Waals surface area contributed by atoms with Crippen LogP contribution in [-0.2, 0) is 11.2 Å². The molecular weight excluding hydrogens is 284 g/mol. The number of aryl methyl sites for hydroxylation is 1. The van der Waals surface area contributed by atoms with Crippen molar-refractivity contribution in [3.63, 3.8) is 0 Å². The zero-order chi connectivity index (χ0) is 15.1. The number of nitrogens with one attached hydrogen (secondary N) is 2. The van der Waals surface area contributed by atoms with Gasteiger partial charge >= 0.3 is 0 Å². The molecule has 1 unspecified atom stereocenters. The molecule has 0 spiro atoms. The predicted octanol–water partition coefficient (Wildman–Crippen LogP) is 3.27. The maximum absolute atomic E-state index is 12.3. The van der Waals surface area contributed by atoms with Crippen LogP contribution < -0.4 is 5.32 Å². The number of carbonyl (C=O) groups is 1. The molecule has 0 aliphatic rings. The van der Waals surface area contributed by atoms with Gasteiger partial charge in [0.25, 0.3) is 0 Å². The highest BCUT2D eigenvalue weighted by Crippen LogP contribution is 2.23. The van der Waals surface area contributed by atoms with E-state index >= 15 is 0 Å². The van der Waals surface area contributed by atoms with Crippen molar-refractivity contribution in [3.05, 3.63) is 36.2 Å². The van der Waals surface area contributed by atoms with Gasteiger partial charge < -0.3 is 5.32 Å². The number of carbonyl (C=O) groups excluding carboxylic acids is 1. The quantitative estimate of drug-likeness (QED) is 0.770. The molecule has 0 bridgehead atoms. The molecule has 1 heterocycles. The molecule has 112 valence electrons. The van der Waals surface area contributed by atoms with Crippen LogP contribution in [0.1, 0.15) is 32.5 Å². The highest BCUT2D eigenvalue weighted by Gasteiger charge is 2.20. The van der Waals surface area contributed by atoms with Crippen LogP contribution in [0.15, 0.2) is 35.5 Å². The number of thioether (sulfide) groups is 1. The van der Waals surface area contributed by atoms with Gasteiger partial charge in [-0.05, 0) is 25.0 Å². The molecule has 6 heteroatoms. The Morgan fingerprint density at radius 3 is 2.76 bits per heavy atom. The molecule has 2 N–H and O–H groups in total. The van der Waals surface area contributed by atoms with Gasteiger partial charge in [-0.2, -0.15) is 0 Å². The SMILES string of the molecule is CCCc1nc(SC(CC)C(=O)Nc2ccccc2)n[nH]1. The fourth-order valence-corrected chi connectivity index (χ4v) is 2.72. The smallest absolute Gasteiger partial charge is 0.237 e. The lowest BCUT2D eigenvalue weighted by Gasteiger charge is -2.12. The Labute approximate surface area is 128 Å². The number of rotatable bonds is 7. The van der Waals surface area contributed by atoms with Crippen LogP contribution in [0.4, 0.5) is 5.69 Å². The number of amides is 1. The Hall–Kier alpha value is -1.82. The van der Waals surface area contributed by atoms with Gasteiger partial charge in [0.2, 0.25) is 11.1 Å². The first-order valence-corrected chi connectivity index (χ1v) is 8.04. The number of nitrogens with zero attached hydrogens (tertiary/aromatic N) is 2. The van der Waals surface area contributed by atoms with E-state index in [-0.39, 0.29) is 11.2 Å². The summed E-state index contributed by atoms with van der Waals surface area (Å²) in [5.74, 6) is 0.855. The summed E-state index contributed by atoms with van der Waals surface area (Å²) in [7, 11) is 0. The lowest BCUT2D eigenvalue weighted by molar-refractivity contribution is -0.115. The number of anilines is 1. The summed E-state index contributed by atoms with van der Waals surface area (Å²) in [6, 6.07) is 9.47. The summed E-state index contributed by atoms with van der Waals surface area (Å²) in [5, 5.41) is 10.4. The Kier molecular flexibility index (Phi) is 5.80. The average Bonchev–Trinajstić information content (AvgIpc) is 2.93. The largest absolute Gasteiger partial charge is 0.325 e. The Balaban J connectivity index is 1.96. The molecule has 0 fully saturated rings. The molecule has 0 radical (unpaired) electrons. The van der Waals surface area contributed by atoms with Gasteiger partial charge in [0.15, 0.2) is 0 Å². The minimum atomic E-state index is -0.199. The van der Waals surface area contributed by atoms with E-state index in [0.29, 0.717) is 5.16 Å². The predicted molar refractivity (Wildman–Crippen MR) is 85.4 cm³/mol. The Morgan fingerprint density at radius 1 is 1.33 bits per heavy atom. The molecule has 5 nitrogen and oxygen atoms in total. The number of benzene rings is 1. The van der Waals surface area contributed by atoms with Crippen LogP contribution >= 0.6 is 11.8 Å². The van der Waals surface area contributed by atoms with Crippen LogP contribution in [0, 0.1) is 0 Å². The topological polar surface area (TPSA) is 70.7 Å². The third-order valence-electron chi connectivity index (χ3n) is 2.95. The molecule has 21 heavy (non-hydrogen) atoms. The van der Waals surface area contributed by atoms with Crippen LogP contribution in [0.25, 0.3) is 0 Å². The van der Waals surface area contributed by atoms with Crippen LogP contribution in [0.2, 0.25) is 0 Å². The second-order valence-corrected chi connectivity index (χ2v) is 5.85. The summed E-state index contributed by atoms with van der Waals surface area (Å²) in [4.78, 5) is 16.7. The summed E-state index contributed by atoms with van der Waals surface area (Å²) < 4.78 is 0. The Bertz CT molecular complexity index is 570. The highest BCUT2D eigenvalue weighted by atomic mass is 32.2. The van der Waals surface area contributed by atoms with Crippen molar-refractivity contribution in [2.75, 3.05) is 5.32 Å². The third-order valence-corrected chi connectivity index (χ3v) is 4.18. The maximum atomic E-state index is 12.3. The molecular formula is C15H20N4OS. The molecule has 0 aliphatic heterocycles. The first-order chi connectivity index (χ1) is 10.2. The van der Waals surface area contributed by atoms with E-state index in [2.05, 4.69) is 27.4 Å². The van der Waals surface area contributed by atoms with Crippen molar-refractivity contribution in [2.45, 2.75) is 43.5 Å². The number of H-pyrrole nitrogens is 1. The van der Waals surface area contributed by atoms with E-state index in [4.69, 9.17) is 0 Å². The van der Waals surface area contributed by atoms with Crippen LogP contribution in [0.5, 0.6) is 0 Å². The third kappa shape index (κ3) is 4.60. The molecule has 2 aromatic rings. The van der Waals surface area contributed by atoms with E-state index in [1.54, 1.807) is 0 Å². The van der Waals surface area contributed by atoms with E-state index in [9.17, 15) is 4.79 Å². The van der Waals surface area contributed by atoms with Gasteiger partial charge in [-0.1, -0.05) is 43.8 Å². The molecule has 0 saturated carbocycles. The highest BCUT2D eigenvalue weighted by molar-refractivity contribution is 8.00. The molecule has 1 aromatic carbocycles. The Morgan fingerprint density at radius 2 is 2.10 bits per heavy atom. The molecule has 2 rings (SSSR count). The van der Waals surface area contributed by atoms with Crippen molar-refractivity contribution in [2.24, 2.45) is 0 Å². The average molecular weight is 304 g/mol. The molecule has 1 atom stereocenters. The maximum Gasteiger partial charge on any atom is 0.237 e. The summed E-state index contributed by atoms with van der Waals surface area (Å²) in [6.45, 7) is 4.08. The first kappa shape index (κ1) is 15.6. The van der Waals surface area contributed by atoms with Gasteiger partial charge in [-0.15, -0.1) is 5.10 Å². The molecule has 1 aromatic heterocycles. The minimum absolute atomic E-state index is 0.0180. The van der Waals surface area contributed by atoms with Crippen molar-refractivity contribution in [1.29, 1.82) is 0 Å². The van der Waals surface area contributed by atoms with E-state index in [1.807, 2.05) is 37.3 Å². The van der Waals surface area contributed by atoms with E-state index in [0.717, 1.165) is 30.8 Å². The van der Waals surface area contributed by atoms with Crippen LogP contribution in [-0.4, -0.2) is 26.3 Å². The molecule has 1 amide bonds. The molecule has 0 aliphatic carbocycles. The summed E-state index contributed by atoms with van der Waals surface area (Å²) >= 11 is 1.40. The normalized spacial score (nSPS) is 12.1. The van der Waals surface area contributed by atoms with Gasteiger partial charge in [0.05, 0.1) is 5.25 Å². The standard InChI is InChI=1S/C15H20N4OS/c1-3-8-13-17-15(19-18-13)21-12(4-2)14(20)16-11-9-6-5-7-10-11/h5-7,9-10,12H,3-4,8H2,1-2H3,(H,16,20)(H,17,18,19). The van der Waals surface area contributed by atoms with Gasteiger partial charge in [-0.25, -0.2) is 4.98 Å². The summed E-state index contributed by atoms with van der Waals surface area (Å²) in [6.07, 6.45) is 2.62. The minimum Gasteiger partial charge on any atom is -0.325 e. The lowest BCUT2D eigenvalue weighted by atomic mass is 10.3. The van der Waals surface area contributed by atoms with Crippen molar-refractivity contribution < 1.29 is 4.79 Å². The van der Waals surface area contributed by atoms with Gasteiger partial charge in [-0.3, -0.25) is 9.89 Å². The zero-order valence-electron chi connectivity index (χ0n) is 12.3. The lowest BCUT2D eigenvalue weighted by Crippen LogP contribution is -2.24. The number of aromatic amines is 1. The fourth-order valence-electron chi connectivity index (χ4n) is 1.87. The van der Waals surface area contributed by atoms with Crippen LogP contribution in [0.3, 0.4) is 0 Å². The second kappa shape index (κ2) is 7.83. The van der Waals surface area contributed by atoms with E-state index < -0.39 is 0 Å². The number of hydrogen-bond donors (Lipinski definition) is 2. The monoisotopic (exact) mass is 304 g/mol. The van der Waals surface area contributed by atoms with Crippen molar-refractivity contribution in [1.82, 2.24) is 15.2 Å². The first-order valence-electron chi connectivity index (χ1n) is 7.16. The van der Waals surface area contributed by atoms with E-state index in [1.165, 1.54) is 11.8 Å². The number of hydrogen-bond acceptors (Lipinski definition) is 4. The summed E-state index contributed by atoms with van der Waals surface area (Å²) in [5.41, 5.74) is 0.809.